The fraction of sp³-hybridized carbons (Fsp3) is 0.136. The number of halogens is 1. The third-order valence-corrected chi connectivity index (χ3v) is 4.92. The number of pyridine rings is 1. The minimum Gasteiger partial charge on any atom is -0.316 e. The summed E-state index contributed by atoms with van der Waals surface area (Å²) in [5, 5.41) is 2.59. The van der Waals surface area contributed by atoms with E-state index in [0.717, 1.165) is 27.5 Å². The summed E-state index contributed by atoms with van der Waals surface area (Å²) in [4.78, 5) is 30.2. The summed E-state index contributed by atoms with van der Waals surface area (Å²) in [6.45, 7) is 3.77. The van der Waals surface area contributed by atoms with Crippen LogP contribution in [0.25, 0.3) is 11.8 Å². The molecule has 1 aliphatic heterocycles. The molecule has 6 nitrogen and oxygen atoms in total. The molecule has 0 atom stereocenters. The number of carbonyl (C=O) groups is 2. The van der Waals surface area contributed by atoms with Gasteiger partial charge in [-0.15, -0.1) is 0 Å². The summed E-state index contributed by atoms with van der Waals surface area (Å²) in [6, 6.07) is 11.3. The SMILES string of the molecule is Cc1cc(C=C2NC(=O)N(Cc3ccccc3F)C2=O)c(C)n1-c1cccnc1. The maximum Gasteiger partial charge on any atom is 0.329 e. The van der Waals surface area contributed by atoms with Gasteiger partial charge in [-0.25, -0.2) is 9.18 Å². The normalized spacial score (nSPS) is 15.3. The van der Waals surface area contributed by atoms with Gasteiger partial charge >= 0.3 is 6.03 Å². The summed E-state index contributed by atoms with van der Waals surface area (Å²) in [7, 11) is 0. The number of nitrogens with one attached hydrogen (secondary N) is 1. The highest BCUT2D eigenvalue weighted by Crippen LogP contribution is 2.24. The lowest BCUT2D eigenvalue weighted by Gasteiger charge is -2.12. The van der Waals surface area contributed by atoms with Crippen molar-refractivity contribution in [1.29, 1.82) is 0 Å². The second-order valence-corrected chi connectivity index (χ2v) is 6.84. The lowest BCUT2D eigenvalue weighted by Crippen LogP contribution is -2.30. The van der Waals surface area contributed by atoms with E-state index in [1.807, 2.05) is 36.6 Å². The number of hydrogen-bond donors (Lipinski definition) is 1. The molecule has 1 aliphatic rings. The lowest BCUT2D eigenvalue weighted by molar-refractivity contribution is -0.123. The highest BCUT2D eigenvalue weighted by atomic mass is 19.1. The largest absolute Gasteiger partial charge is 0.329 e. The molecule has 0 bridgehead atoms. The molecule has 0 unspecified atom stereocenters. The smallest absolute Gasteiger partial charge is 0.316 e. The molecule has 0 spiro atoms. The van der Waals surface area contributed by atoms with Crippen molar-refractivity contribution in [1.82, 2.24) is 19.8 Å². The predicted octanol–water partition coefficient (Wildman–Crippen LogP) is 3.72. The molecule has 29 heavy (non-hydrogen) atoms. The molecular formula is C22H19FN4O2. The number of amides is 3. The summed E-state index contributed by atoms with van der Waals surface area (Å²) >= 11 is 0. The Morgan fingerprint density at radius 2 is 1.93 bits per heavy atom. The minimum absolute atomic E-state index is 0.122. The third-order valence-electron chi connectivity index (χ3n) is 4.92. The average molecular weight is 390 g/mol. The van der Waals surface area contributed by atoms with Crippen molar-refractivity contribution in [2.24, 2.45) is 0 Å². The van der Waals surface area contributed by atoms with E-state index in [9.17, 15) is 14.0 Å². The van der Waals surface area contributed by atoms with Crippen LogP contribution < -0.4 is 5.32 Å². The first-order valence-corrected chi connectivity index (χ1v) is 9.13. The van der Waals surface area contributed by atoms with Crippen LogP contribution in [0.2, 0.25) is 0 Å². The number of imide groups is 1. The minimum atomic E-state index is -0.564. The molecule has 1 saturated heterocycles. The van der Waals surface area contributed by atoms with Crippen molar-refractivity contribution in [3.63, 3.8) is 0 Å². The van der Waals surface area contributed by atoms with Gasteiger partial charge in [-0.3, -0.25) is 14.7 Å². The van der Waals surface area contributed by atoms with E-state index < -0.39 is 17.8 Å². The van der Waals surface area contributed by atoms with Gasteiger partial charge < -0.3 is 9.88 Å². The number of aromatic nitrogens is 2. The zero-order valence-corrected chi connectivity index (χ0v) is 16.0. The highest BCUT2D eigenvalue weighted by Gasteiger charge is 2.34. The lowest BCUT2D eigenvalue weighted by atomic mass is 10.2. The molecule has 7 heteroatoms. The Bertz CT molecular complexity index is 1130. The van der Waals surface area contributed by atoms with Gasteiger partial charge in [-0.05, 0) is 49.8 Å². The number of carbonyl (C=O) groups excluding carboxylic acids is 2. The van der Waals surface area contributed by atoms with E-state index in [4.69, 9.17) is 0 Å². The first-order chi connectivity index (χ1) is 14.0. The van der Waals surface area contributed by atoms with Gasteiger partial charge in [-0.1, -0.05) is 18.2 Å². The van der Waals surface area contributed by atoms with E-state index in [2.05, 4.69) is 10.3 Å². The van der Waals surface area contributed by atoms with Gasteiger partial charge in [0.05, 0.1) is 18.4 Å². The van der Waals surface area contributed by atoms with Crippen LogP contribution in [-0.4, -0.2) is 26.4 Å². The first kappa shape index (κ1) is 18.6. The van der Waals surface area contributed by atoms with Gasteiger partial charge in [0.2, 0.25) is 0 Å². The Kier molecular flexibility index (Phi) is 4.72. The molecule has 0 radical (unpaired) electrons. The molecule has 2 aromatic heterocycles. The van der Waals surface area contributed by atoms with E-state index in [1.54, 1.807) is 36.7 Å². The van der Waals surface area contributed by atoms with Crippen LogP contribution >= 0.6 is 0 Å². The van der Waals surface area contributed by atoms with Crippen LogP contribution in [0.5, 0.6) is 0 Å². The van der Waals surface area contributed by atoms with Crippen molar-refractivity contribution >= 4 is 18.0 Å². The molecule has 1 aromatic carbocycles. The number of benzene rings is 1. The molecule has 3 aromatic rings. The fourth-order valence-corrected chi connectivity index (χ4v) is 3.48. The van der Waals surface area contributed by atoms with E-state index in [0.29, 0.717) is 0 Å². The summed E-state index contributed by atoms with van der Waals surface area (Å²) in [5.41, 5.74) is 4.06. The van der Waals surface area contributed by atoms with Crippen molar-refractivity contribution in [3.8, 4) is 5.69 Å². The standard InChI is InChI=1S/C22H19FN4O2/c1-14-10-17(15(2)27(14)18-7-5-9-24-12-18)11-20-21(28)26(22(29)25-20)13-16-6-3-4-8-19(16)23/h3-12H,13H2,1-2H3,(H,25,29). The summed E-state index contributed by atoms with van der Waals surface area (Å²) < 4.78 is 15.9. The maximum atomic E-state index is 13.9. The van der Waals surface area contributed by atoms with Gasteiger partial charge in [0.15, 0.2) is 0 Å². The molecule has 1 N–H and O–H groups in total. The van der Waals surface area contributed by atoms with Crippen molar-refractivity contribution < 1.29 is 14.0 Å². The van der Waals surface area contributed by atoms with E-state index >= 15 is 0 Å². The highest BCUT2D eigenvalue weighted by molar-refractivity contribution is 6.14. The molecular weight excluding hydrogens is 371 g/mol. The van der Waals surface area contributed by atoms with Crippen molar-refractivity contribution in [2.45, 2.75) is 20.4 Å². The Hall–Kier alpha value is -3.74. The average Bonchev–Trinajstić information content (AvgIpc) is 3.13. The van der Waals surface area contributed by atoms with E-state index in [-0.39, 0.29) is 17.8 Å². The van der Waals surface area contributed by atoms with Crippen LogP contribution in [0.4, 0.5) is 9.18 Å². The van der Waals surface area contributed by atoms with Gasteiger partial charge in [0.1, 0.15) is 11.5 Å². The molecule has 3 amide bonds. The fourth-order valence-electron chi connectivity index (χ4n) is 3.48. The molecule has 146 valence electrons. The third kappa shape index (κ3) is 3.42. The summed E-state index contributed by atoms with van der Waals surface area (Å²) in [6.07, 6.45) is 5.11. The summed E-state index contributed by atoms with van der Waals surface area (Å²) in [5.74, 6) is -0.935. The number of rotatable bonds is 4. The number of nitrogens with zero attached hydrogens (tertiary/aromatic N) is 3. The Morgan fingerprint density at radius 1 is 1.14 bits per heavy atom. The maximum absolute atomic E-state index is 13.9. The number of hydrogen-bond acceptors (Lipinski definition) is 3. The molecule has 3 heterocycles. The molecule has 0 aliphatic carbocycles. The van der Waals surface area contributed by atoms with Crippen molar-refractivity contribution in [3.05, 3.63) is 88.9 Å². The zero-order chi connectivity index (χ0) is 20.5. The van der Waals surface area contributed by atoms with Gasteiger partial charge in [0.25, 0.3) is 5.91 Å². The van der Waals surface area contributed by atoms with Gasteiger partial charge in [-0.2, -0.15) is 0 Å². The Labute approximate surface area is 167 Å². The topological polar surface area (TPSA) is 67.2 Å². The quantitative estimate of drug-likeness (QED) is 0.545. The number of urea groups is 1. The van der Waals surface area contributed by atoms with Crippen LogP contribution in [0, 0.1) is 19.7 Å². The predicted molar refractivity (Wildman–Crippen MR) is 106 cm³/mol. The second-order valence-electron chi connectivity index (χ2n) is 6.84. The van der Waals surface area contributed by atoms with Crippen molar-refractivity contribution in [2.75, 3.05) is 0 Å². The molecule has 4 rings (SSSR count). The first-order valence-electron chi connectivity index (χ1n) is 9.13. The Balaban J connectivity index is 1.64. The number of aryl methyl sites for hydroxylation is 1. The zero-order valence-electron chi connectivity index (χ0n) is 16.0. The second kappa shape index (κ2) is 7.35. The van der Waals surface area contributed by atoms with Crippen LogP contribution in [0.3, 0.4) is 0 Å². The monoisotopic (exact) mass is 390 g/mol. The Morgan fingerprint density at radius 3 is 2.66 bits per heavy atom. The molecule has 0 saturated carbocycles. The van der Waals surface area contributed by atoms with Crippen LogP contribution in [-0.2, 0) is 11.3 Å². The van der Waals surface area contributed by atoms with Crippen LogP contribution in [0.1, 0.15) is 22.5 Å². The van der Waals surface area contributed by atoms with Gasteiger partial charge in [0, 0.05) is 23.1 Å². The molecule has 1 fully saturated rings. The van der Waals surface area contributed by atoms with E-state index in [1.165, 1.54) is 6.07 Å². The van der Waals surface area contributed by atoms with Crippen LogP contribution in [0.15, 0.2) is 60.6 Å².